The summed E-state index contributed by atoms with van der Waals surface area (Å²) in [7, 11) is -0.0649. The highest BCUT2D eigenvalue weighted by molar-refractivity contribution is 7.90. The molecule has 20 heavy (non-hydrogen) atoms. The molecule has 0 aliphatic carbocycles. The summed E-state index contributed by atoms with van der Waals surface area (Å²) in [5, 5.41) is 0. The molecule has 0 aromatic heterocycles. The topological polar surface area (TPSA) is 89.7 Å². The number of ether oxygens (including phenoxy) is 1. The van der Waals surface area contributed by atoms with Gasteiger partial charge in [-0.25, -0.2) is 8.42 Å². The minimum Gasteiger partial charge on any atom is -0.383 e. The van der Waals surface area contributed by atoms with E-state index in [0.717, 1.165) is 6.26 Å². The Kier molecular flexibility index (Phi) is 5.67. The zero-order valence-corrected chi connectivity index (χ0v) is 12.7. The number of sulfone groups is 1. The molecule has 0 aliphatic rings. The zero-order valence-electron chi connectivity index (χ0n) is 11.9. The third-order valence-corrected chi connectivity index (χ3v) is 3.89. The van der Waals surface area contributed by atoms with Crippen LogP contribution in [0, 0.1) is 0 Å². The van der Waals surface area contributed by atoms with Crippen molar-refractivity contribution in [2.75, 3.05) is 33.6 Å². The van der Waals surface area contributed by atoms with Crippen molar-refractivity contribution in [2.45, 2.75) is 10.9 Å². The fourth-order valence-electron chi connectivity index (χ4n) is 1.77. The molecule has 112 valence electrons. The highest BCUT2D eigenvalue weighted by Gasteiger charge is 2.15. The van der Waals surface area contributed by atoms with Gasteiger partial charge in [-0.1, -0.05) is 0 Å². The molecule has 0 saturated carbocycles. The van der Waals surface area contributed by atoms with Gasteiger partial charge in [0.2, 0.25) is 0 Å². The van der Waals surface area contributed by atoms with Gasteiger partial charge in [-0.3, -0.25) is 4.79 Å². The summed E-state index contributed by atoms with van der Waals surface area (Å²) in [6.45, 7) is 0.727. The van der Waals surface area contributed by atoms with Gasteiger partial charge in [-0.05, 0) is 24.3 Å². The molecule has 1 amide bonds. The van der Waals surface area contributed by atoms with Crippen molar-refractivity contribution in [3.63, 3.8) is 0 Å². The highest BCUT2D eigenvalue weighted by atomic mass is 32.2. The van der Waals surface area contributed by atoms with Crippen molar-refractivity contribution in [3.05, 3.63) is 29.8 Å². The van der Waals surface area contributed by atoms with E-state index in [1.54, 1.807) is 14.2 Å². The quantitative estimate of drug-likeness (QED) is 0.807. The van der Waals surface area contributed by atoms with Crippen LogP contribution in [0.2, 0.25) is 0 Å². The van der Waals surface area contributed by atoms with E-state index in [1.807, 2.05) is 0 Å². The number of rotatable bonds is 6. The highest BCUT2D eigenvalue weighted by Crippen LogP contribution is 2.11. The number of hydrogen-bond acceptors (Lipinski definition) is 5. The largest absolute Gasteiger partial charge is 0.383 e. The van der Waals surface area contributed by atoms with Crippen molar-refractivity contribution in [3.8, 4) is 0 Å². The third-order valence-electron chi connectivity index (χ3n) is 2.77. The van der Waals surface area contributed by atoms with Crippen molar-refractivity contribution in [1.82, 2.24) is 4.90 Å². The number of methoxy groups -OCH3 is 1. The molecule has 1 atom stereocenters. The van der Waals surface area contributed by atoms with Gasteiger partial charge < -0.3 is 15.4 Å². The predicted molar refractivity (Wildman–Crippen MR) is 76.4 cm³/mol. The normalized spacial score (nSPS) is 13.0. The van der Waals surface area contributed by atoms with E-state index in [4.69, 9.17) is 10.5 Å². The molecule has 0 bridgehead atoms. The summed E-state index contributed by atoms with van der Waals surface area (Å²) in [4.78, 5) is 13.8. The molecule has 7 heteroatoms. The second-order valence-corrected chi connectivity index (χ2v) is 6.71. The van der Waals surface area contributed by atoms with Crippen LogP contribution in [0.1, 0.15) is 10.4 Å². The smallest absolute Gasteiger partial charge is 0.253 e. The fourth-order valence-corrected chi connectivity index (χ4v) is 2.40. The van der Waals surface area contributed by atoms with Crippen molar-refractivity contribution >= 4 is 15.7 Å². The van der Waals surface area contributed by atoms with E-state index in [9.17, 15) is 13.2 Å². The lowest BCUT2D eigenvalue weighted by atomic mass is 10.2. The van der Waals surface area contributed by atoms with Crippen LogP contribution in [0.5, 0.6) is 0 Å². The number of nitrogens with zero attached hydrogens (tertiary/aromatic N) is 1. The van der Waals surface area contributed by atoms with Crippen molar-refractivity contribution < 1.29 is 17.9 Å². The van der Waals surface area contributed by atoms with Crippen LogP contribution in [0.25, 0.3) is 0 Å². The second-order valence-electron chi connectivity index (χ2n) is 4.70. The maximum absolute atomic E-state index is 12.1. The number of likely N-dealkylation sites (N-methyl/N-ethyl adjacent to an activating group) is 1. The lowest BCUT2D eigenvalue weighted by Gasteiger charge is -2.21. The third kappa shape index (κ3) is 4.59. The van der Waals surface area contributed by atoms with Gasteiger partial charge in [0.25, 0.3) is 5.91 Å². The van der Waals surface area contributed by atoms with E-state index in [1.165, 1.54) is 29.2 Å². The monoisotopic (exact) mass is 300 g/mol. The molecular formula is C13H20N2O4S. The molecular weight excluding hydrogens is 280 g/mol. The average molecular weight is 300 g/mol. The molecule has 0 aliphatic heterocycles. The lowest BCUT2D eigenvalue weighted by Crippen LogP contribution is -2.41. The average Bonchev–Trinajstić information content (AvgIpc) is 2.37. The summed E-state index contributed by atoms with van der Waals surface area (Å²) in [5.74, 6) is -0.211. The molecule has 0 fully saturated rings. The van der Waals surface area contributed by atoms with E-state index in [0.29, 0.717) is 18.7 Å². The Labute approximate surface area is 119 Å². The Balaban J connectivity index is 2.77. The summed E-state index contributed by atoms with van der Waals surface area (Å²) in [6, 6.07) is 5.58. The first kappa shape index (κ1) is 16.6. The molecule has 1 unspecified atom stereocenters. The summed E-state index contributed by atoms with van der Waals surface area (Å²) in [5.41, 5.74) is 6.20. The summed E-state index contributed by atoms with van der Waals surface area (Å²) < 4.78 is 27.6. The van der Waals surface area contributed by atoms with Gasteiger partial charge in [0, 0.05) is 38.6 Å². The van der Waals surface area contributed by atoms with E-state index >= 15 is 0 Å². The summed E-state index contributed by atoms with van der Waals surface area (Å²) in [6.07, 6.45) is 1.12. The van der Waals surface area contributed by atoms with Crippen LogP contribution >= 0.6 is 0 Å². The van der Waals surface area contributed by atoms with Crippen LogP contribution in [0.15, 0.2) is 29.2 Å². The Hall–Kier alpha value is -1.44. The fraction of sp³-hybridized carbons (Fsp3) is 0.462. The molecule has 1 rings (SSSR count). The Morgan fingerprint density at radius 2 is 1.90 bits per heavy atom. The SMILES string of the molecule is COCC(N)CN(C)C(=O)c1ccc(S(C)(=O)=O)cc1. The molecule has 0 saturated heterocycles. The minimum absolute atomic E-state index is 0.188. The molecule has 0 radical (unpaired) electrons. The number of amides is 1. The lowest BCUT2D eigenvalue weighted by molar-refractivity contribution is 0.0764. The number of carbonyl (C=O) groups excluding carboxylic acids is 1. The maximum atomic E-state index is 12.1. The molecule has 1 aromatic rings. The van der Waals surface area contributed by atoms with E-state index in [-0.39, 0.29) is 16.8 Å². The number of carbonyl (C=O) groups is 1. The Morgan fingerprint density at radius 3 is 2.35 bits per heavy atom. The van der Waals surface area contributed by atoms with Crippen molar-refractivity contribution in [1.29, 1.82) is 0 Å². The predicted octanol–water partition coefficient (Wildman–Crippen LogP) is 0.136. The van der Waals surface area contributed by atoms with Crippen LogP contribution in [0.3, 0.4) is 0 Å². The van der Waals surface area contributed by atoms with Crippen LogP contribution < -0.4 is 5.73 Å². The first-order chi connectivity index (χ1) is 9.25. The van der Waals surface area contributed by atoms with Gasteiger partial charge in [-0.2, -0.15) is 0 Å². The minimum atomic E-state index is -3.25. The Bertz CT molecular complexity index is 554. The zero-order chi connectivity index (χ0) is 15.3. The first-order valence-electron chi connectivity index (χ1n) is 6.05. The number of benzene rings is 1. The molecule has 2 N–H and O–H groups in total. The van der Waals surface area contributed by atoms with Crippen molar-refractivity contribution in [2.24, 2.45) is 5.73 Å². The van der Waals surface area contributed by atoms with Gasteiger partial charge >= 0.3 is 0 Å². The van der Waals surface area contributed by atoms with Gasteiger partial charge in [0.15, 0.2) is 9.84 Å². The van der Waals surface area contributed by atoms with Gasteiger partial charge in [0.05, 0.1) is 11.5 Å². The standard InChI is InChI=1S/C13H20N2O4S/c1-15(8-11(14)9-19-2)13(16)10-4-6-12(7-5-10)20(3,17)18/h4-7,11H,8-9,14H2,1-3H3. The molecule has 6 nitrogen and oxygen atoms in total. The van der Waals surface area contributed by atoms with Crippen LogP contribution in [-0.2, 0) is 14.6 Å². The van der Waals surface area contributed by atoms with Crippen LogP contribution in [-0.4, -0.2) is 58.8 Å². The van der Waals surface area contributed by atoms with Gasteiger partial charge in [-0.15, -0.1) is 0 Å². The first-order valence-corrected chi connectivity index (χ1v) is 7.95. The second kappa shape index (κ2) is 6.83. The number of nitrogens with two attached hydrogens (primary N) is 1. The Morgan fingerprint density at radius 1 is 1.35 bits per heavy atom. The molecule has 1 aromatic carbocycles. The summed E-state index contributed by atoms with van der Waals surface area (Å²) >= 11 is 0. The van der Waals surface area contributed by atoms with Gasteiger partial charge in [0.1, 0.15) is 0 Å². The number of hydrogen-bond donors (Lipinski definition) is 1. The van der Waals surface area contributed by atoms with E-state index < -0.39 is 9.84 Å². The van der Waals surface area contributed by atoms with E-state index in [2.05, 4.69) is 0 Å². The molecule has 0 heterocycles. The molecule has 0 spiro atoms. The maximum Gasteiger partial charge on any atom is 0.253 e. The van der Waals surface area contributed by atoms with Crippen LogP contribution in [0.4, 0.5) is 0 Å².